The minimum atomic E-state index is -0.120. The van der Waals surface area contributed by atoms with Gasteiger partial charge in [-0.1, -0.05) is 0 Å². The molecule has 2 aromatic rings. The van der Waals surface area contributed by atoms with Gasteiger partial charge in [0.2, 0.25) is 0 Å². The third-order valence-corrected chi connectivity index (χ3v) is 5.01. The molecule has 0 spiro atoms. The number of nitrogens with zero attached hydrogens (tertiary/aromatic N) is 2. The molecule has 0 aliphatic carbocycles. The van der Waals surface area contributed by atoms with Crippen LogP contribution in [0, 0.1) is 6.92 Å². The van der Waals surface area contributed by atoms with Gasteiger partial charge in [-0.15, -0.1) is 0 Å². The van der Waals surface area contributed by atoms with E-state index in [-0.39, 0.29) is 11.4 Å². The molecule has 3 rings (SSSR count). The van der Waals surface area contributed by atoms with Crippen molar-refractivity contribution in [2.75, 3.05) is 40.0 Å². The van der Waals surface area contributed by atoms with Crippen LogP contribution in [-0.2, 0) is 4.74 Å². The first-order chi connectivity index (χ1) is 12.4. The number of ether oxygens (including phenoxy) is 2. The Hall–Kier alpha value is -2.18. The number of aromatic nitrogens is 1. The van der Waals surface area contributed by atoms with Crippen molar-refractivity contribution in [2.24, 2.45) is 0 Å². The molecule has 1 amide bonds. The summed E-state index contributed by atoms with van der Waals surface area (Å²) in [6, 6.07) is 7.58. The number of aryl methyl sites for hydroxylation is 1. The summed E-state index contributed by atoms with van der Waals surface area (Å²) >= 11 is 0. The first-order valence-corrected chi connectivity index (χ1v) is 8.97. The molecule has 1 aliphatic rings. The van der Waals surface area contributed by atoms with Gasteiger partial charge < -0.3 is 14.8 Å². The first kappa shape index (κ1) is 18.6. The SMILES string of the molecule is COc1ccc2cc(C(=O)NCC(C)(C)N3CCOCC3)c(C)nc2c1. The van der Waals surface area contributed by atoms with E-state index >= 15 is 0 Å². The molecule has 0 bridgehead atoms. The van der Waals surface area contributed by atoms with E-state index in [1.165, 1.54) is 0 Å². The number of nitrogens with one attached hydrogen (secondary N) is 1. The smallest absolute Gasteiger partial charge is 0.253 e. The summed E-state index contributed by atoms with van der Waals surface area (Å²) in [5.74, 6) is 0.669. The summed E-state index contributed by atoms with van der Waals surface area (Å²) < 4.78 is 10.7. The fraction of sp³-hybridized carbons (Fsp3) is 0.500. The molecule has 0 atom stereocenters. The Bertz CT molecular complexity index is 798. The molecule has 1 fully saturated rings. The van der Waals surface area contributed by atoms with Crippen molar-refractivity contribution in [3.05, 3.63) is 35.5 Å². The lowest BCUT2D eigenvalue weighted by Gasteiger charge is -2.40. The zero-order valence-corrected chi connectivity index (χ0v) is 16.0. The predicted octanol–water partition coefficient (Wildman–Crippen LogP) is 2.39. The molecule has 0 saturated carbocycles. The van der Waals surface area contributed by atoms with Crippen LogP contribution in [-0.4, -0.2) is 61.3 Å². The van der Waals surface area contributed by atoms with Crippen molar-refractivity contribution >= 4 is 16.8 Å². The minimum Gasteiger partial charge on any atom is -0.497 e. The maximum Gasteiger partial charge on any atom is 0.253 e. The van der Waals surface area contributed by atoms with Crippen LogP contribution >= 0.6 is 0 Å². The molecule has 1 aromatic heterocycles. The van der Waals surface area contributed by atoms with E-state index in [0.717, 1.165) is 43.0 Å². The van der Waals surface area contributed by atoms with Gasteiger partial charge in [-0.3, -0.25) is 14.7 Å². The zero-order valence-electron chi connectivity index (χ0n) is 16.0. The lowest BCUT2D eigenvalue weighted by atomic mass is 10.0. The van der Waals surface area contributed by atoms with E-state index in [4.69, 9.17) is 9.47 Å². The summed E-state index contributed by atoms with van der Waals surface area (Å²) in [4.78, 5) is 19.7. The van der Waals surface area contributed by atoms with Gasteiger partial charge in [0, 0.05) is 36.6 Å². The molecule has 6 heteroatoms. The van der Waals surface area contributed by atoms with E-state index in [1.54, 1.807) is 7.11 Å². The van der Waals surface area contributed by atoms with Gasteiger partial charge >= 0.3 is 0 Å². The second-order valence-electron chi connectivity index (χ2n) is 7.27. The number of methoxy groups -OCH3 is 1. The summed E-state index contributed by atoms with van der Waals surface area (Å²) in [7, 11) is 1.63. The normalized spacial score (nSPS) is 15.8. The number of carbonyl (C=O) groups excluding carboxylic acids is 1. The standard InChI is InChI=1S/C20H27N3O3/c1-14-17(11-15-5-6-16(25-4)12-18(15)22-14)19(24)21-13-20(2,3)23-7-9-26-10-8-23/h5-6,11-12H,7-10,13H2,1-4H3,(H,21,24). The van der Waals surface area contributed by atoms with E-state index in [1.807, 2.05) is 31.2 Å². The number of morpholine rings is 1. The number of pyridine rings is 1. The quantitative estimate of drug-likeness (QED) is 0.890. The number of amides is 1. The Morgan fingerprint density at radius 2 is 2.04 bits per heavy atom. The van der Waals surface area contributed by atoms with Crippen molar-refractivity contribution in [3.63, 3.8) is 0 Å². The van der Waals surface area contributed by atoms with Gasteiger partial charge in [-0.05, 0) is 39.0 Å². The summed E-state index contributed by atoms with van der Waals surface area (Å²) in [6.45, 7) is 10.0. The molecule has 1 aromatic carbocycles. The van der Waals surface area contributed by atoms with Crippen LogP contribution in [0.4, 0.5) is 0 Å². The fourth-order valence-electron chi connectivity index (χ4n) is 3.27. The Morgan fingerprint density at radius 1 is 1.31 bits per heavy atom. The minimum absolute atomic E-state index is 0.0888. The lowest BCUT2D eigenvalue weighted by molar-refractivity contribution is -0.00923. The number of benzene rings is 1. The lowest BCUT2D eigenvalue weighted by Crippen LogP contribution is -2.55. The first-order valence-electron chi connectivity index (χ1n) is 8.97. The number of fused-ring (bicyclic) bond motifs is 1. The largest absolute Gasteiger partial charge is 0.497 e. The Morgan fingerprint density at radius 3 is 2.73 bits per heavy atom. The van der Waals surface area contributed by atoms with Crippen molar-refractivity contribution in [2.45, 2.75) is 26.3 Å². The van der Waals surface area contributed by atoms with Crippen molar-refractivity contribution < 1.29 is 14.3 Å². The molecular weight excluding hydrogens is 330 g/mol. The van der Waals surface area contributed by atoms with Crippen LogP contribution in [0.1, 0.15) is 29.9 Å². The number of hydrogen-bond acceptors (Lipinski definition) is 5. The number of rotatable bonds is 5. The van der Waals surface area contributed by atoms with E-state index < -0.39 is 0 Å². The molecule has 26 heavy (non-hydrogen) atoms. The van der Waals surface area contributed by atoms with Gasteiger partial charge in [-0.2, -0.15) is 0 Å². The molecule has 1 N–H and O–H groups in total. The summed E-state index contributed by atoms with van der Waals surface area (Å²) in [6.07, 6.45) is 0. The maximum absolute atomic E-state index is 12.7. The van der Waals surface area contributed by atoms with Gasteiger partial charge in [0.05, 0.1) is 37.1 Å². The fourth-order valence-corrected chi connectivity index (χ4v) is 3.27. The third kappa shape index (κ3) is 3.97. The highest BCUT2D eigenvalue weighted by molar-refractivity contribution is 5.98. The van der Waals surface area contributed by atoms with Gasteiger partial charge in [0.1, 0.15) is 5.75 Å². The van der Waals surface area contributed by atoms with Crippen LogP contribution in [0.15, 0.2) is 24.3 Å². The molecule has 0 radical (unpaired) electrons. The molecule has 1 saturated heterocycles. The van der Waals surface area contributed by atoms with E-state index in [2.05, 4.69) is 29.0 Å². The average molecular weight is 357 g/mol. The monoisotopic (exact) mass is 357 g/mol. The van der Waals surface area contributed by atoms with Crippen LogP contribution < -0.4 is 10.1 Å². The highest BCUT2D eigenvalue weighted by Crippen LogP contribution is 2.22. The van der Waals surface area contributed by atoms with Gasteiger partial charge in [0.25, 0.3) is 5.91 Å². The maximum atomic E-state index is 12.7. The van der Waals surface area contributed by atoms with Crippen LogP contribution in [0.25, 0.3) is 10.9 Å². The molecule has 140 valence electrons. The van der Waals surface area contributed by atoms with Crippen molar-refractivity contribution in [1.29, 1.82) is 0 Å². The summed E-state index contributed by atoms with van der Waals surface area (Å²) in [5, 5.41) is 4.00. The zero-order chi connectivity index (χ0) is 18.7. The number of carbonyl (C=O) groups is 1. The van der Waals surface area contributed by atoms with E-state index in [0.29, 0.717) is 17.8 Å². The second-order valence-corrected chi connectivity index (χ2v) is 7.27. The molecule has 6 nitrogen and oxygen atoms in total. The van der Waals surface area contributed by atoms with E-state index in [9.17, 15) is 4.79 Å². The molecule has 0 unspecified atom stereocenters. The molecular formula is C20H27N3O3. The van der Waals surface area contributed by atoms with Crippen molar-refractivity contribution in [1.82, 2.24) is 15.2 Å². The second kappa shape index (κ2) is 7.60. The summed E-state index contributed by atoms with van der Waals surface area (Å²) in [5.41, 5.74) is 2.03. The molecule has 1 aliphatic heterocycles. The number of hydrogen-bond donors (Lipinski definition) is 1. The Balaban J connectivity index is 1.73. The predicted molar refractivity (Wildman–Crippen MR) is 102 cm³/mol. The van der Waals surface area contributed by atoms with Crippen molar-refractivity contribution in [3.8, 4) is 5.75 Å². The Labute approximate surface area is 154 Å². The highest BCUT2D eigenvalue weighted by atomic mass is 16.5. The van der Waals surface area contributed by atoms with Crippen LogP contribution in [0.5, 0.6) is 5.75 Å². The van der Waals surface area contributed by atoms with Gasteiger partial charge in [0.15, 0.2) is 0 Å². The highest BCUT2D eigenvalue weighted by Gasteiger charge is 2.29. The van der Waals surface area contributed by atoms with Gasteiger partial charge in [-0.25, -0.2) is 0 Å². The topological polar surface area (TPSA) is 63.7 Å². The average Bonchev–Trinajstić information content (AvgIpc) is 2.66. The molecule has 2 heterocycles. The third-order valence-electron chi connectivity index (χ3n) is 5.01. The Kier molecular flexibility index (Phi) is 5.44. The van der Waals surface area contributed by atoms with Crippen LogP contribution in [0.2, 0.25) is 0 Å². The van der Waals surface area contributed by atoms with Crippen LogP contribution in [0.3, 0.4) is 0 Å².